The Morgan fingerprint density at radius 1 is 1.83 bits per heavy atom. The van der Waals surface area contributed by atoms with E-state index >= 15 is 0 Å². The van der Waals surface area contributed by atoms with Crippen LogP contribution in [0.15, 0.2) is 28.9 Å². The first kappa shape index (κ1) is 8.71. The van der Waals surface area contributed by atoms with Crippen molar-refractivity contribution in [1.82, 2.24) is 0 Å². The molecule has 0 radical (unpaired) electrons. The van der Waals surface area contributed by atoms with E-state index in [9.17, 15) is 4.79 Å². The minimum Gasteiger partial charge on any atom is -0.466 e. The summed E-state index contributed by atoms with van der Waals surface area (Å²) >= 11 is 0. The maximum atomic E-state index is 10.9. The zero-order chi connectivity index (χ0) is 8.97. The number of hydrogen-bond donors (Lipinski definition) is 0. The first-order chi connectivity index (χ1) is 5.74. The maximum absolute atomic E-state index is 10.9. The molecule has 0 aromatic carbocycles. The number of carbonyl (C=O) groups excluding carboxylic acids is 1. The number of allylic oxidation sites excluding steroid dienone is 1. The van der Waals surface area contributed by atoms with Gasteiger partial charge in [-0.3, -0.25) is 4.99 Å². The van der Waals surface area contributed by atoms with Crippen molar-refractivity contribution in [1.29, 1.82) is 0 Å². The molecule has 0 aromatic heterocycles. The highest BCUT2D eigenvalue weighted by Crippen LogP contribution is 2.16. The van der Waals surface area contributed by atoms with Gasteiger partial charge >= 0.3 is 5.97 Å². The second-order valence-corrected chi connectivity index (χ2v) is 2.60. The topological polar surface area (TPSA) is 38.7 Å². The summed E-state index contributed by atoms with van der Waals surface area (Å²) in [6, 6.07) is 0. The van der Waals surface area contributed by atoms with Crippen LogP contribution in [0.2, 0.25) is 0 Å². The van der Waals surface area contributed by atoms with Crippen LogP contribution in [0.25, 0.3) is 0 Å². The van der Waals surface area contributed by atoms with Crippen LogP contribution in [0.4, 0.5) is 0 Å². The number of rotatable bonds is 3. The van der Waals surface area contributed by atoms with Gasteiger partial charge in [-0.25, -0.2) is 4.79 Å². The molecule has 0 amide bonds. The van der Waals surface area contributed by atoms with Gasteiger partial charge in [0.1, 0.15) is 0 Å². The normalized spacial score (nSPS) is 14.2. The van der Waals surface area contributed by atoms with Crippen LogP contribution in [0.3, 0.4) is 0 Å². The Kier molecular flexibility index (Phi) is 2.80. The SMILES string of the molecule is C=C(CC1=CN=CC1)C(=O)OC. The summed E-state index contributed by atoms with van der Waals surface area (Å²) in [7, 11) is 1.35. The predicted octanol–water partition coefficient (Wildman–Crippen LogP) is 1.46. The molecule has 0 atom stereocenters. The summed E-state index contributed by atoms with van der Waals surface area (Å²) < 4.78 is 4.52. The van der Waals surface area contributed by atoms with Crippen molar-refractivity contribution in [3.63, 3.8) is 0 Å². The summed E-state index contributed by atoms with van der Waals surface area (Å²) in [6.45, 7) is 3.62. The molecular formula is C9H11NO2. The number of hydrogen-bond acceptors (Lipinski definition) is 3. The van der Waals surface area contributed by atoms with E-state index in [1.165, 1.54) is 7.11 Å². The summed E-state index contributed by atoms with van der Waals surface area (Å²) in [4.78, 5) is 14.8. The van der Waals surface area contributed by atoms with Crippen LogP contribution >= 0.6 is 0 Å². The molecule has 3 heteroatoms. The lowest BCUT2D eigenvalue weighted by Crippen LogP contribution is -2.04. The molecule has 0 bridgehead atoms. The molecule has 1 aliphatic rings. The smallest absolute Gasteiger partial charge is 0.333 e. The quantitative estimate of drug-likeness (QED) is 0.469. The van der Waals surface area contributed by atoms with Gasteiger partial charge in [0, 0.05) is 30.8 Å². The maximum Gasteiger partial charge on any atom is 0.333 e. The monoisotopic (exact) mass is 165 g/mol. The van der Waals surface area contributed by atoms with Crippen molar-refractivity contribution in [2.75, 3.05) is 7.11 Å². The molecule has 0 spiro atoms. The third-order valence-corrected chi connectivity index (χ3v) is 1.63. The van der Waals surface area contributed by atoms with E-state index in [-0.39, 0.29) is 5.97 Å². The molecule has 1 heterocycles. The zero-order valence-electron chi connectivity index (χ0n) is 7.04. The molecule has 0 fully saturated rings. The first-order valence-electron chi connectivity index (χ1n) is 3.69. The van der Waals surface area contributed by atoms with Gasteiger partial charge in [-0.05, 0) is 5.57 Å². The molecule has 0 saturated carbocycles. The van der Waals surface area contributed by atoms with Gasteiger partial charge in [0.25, 0.3) is 0 Å². The second kappa shape index (κ2) is 3.85. The third kappa shape index (κ3) is 2.05. The minimum atomic E-state index is -0.345. The fourth-order valence-corrected chi connectivity index (χ4v) is 0.989. The summed E-state index contributed by atoms with van der Waals surface area (Å²) in [5.41, 5.74) is 1.58. The van der Waals surface area contributed by atoms with Gasteiger partial charge in [-0.1, -0.05) is 6.58 Å². The van der Waals surface area contributed by atoms with Gasteiger partial charge < -0.3 is 4.74 Å². The Morgan fingerprint density at radius 3 is 3.08 bits per heavy atom. The van der Waals surface area contributed by atoms with Crippen LogP contribution in [0, 0.1) is 0 Å². The number of methoxy groups -OCH3 is 1. The molecule has 1 rings (SSSR count). The number of nitrogens with zero attached hydrogens (tertiary/aromatic N) is 1. The highest BCUT2D eigenvalue weighted by atomic mass is 16.5. The van der Waals surface area contributed by atoms with Crippen molar-refractivity contribution >= 4 is 12.2 Å². The average Bonchev–Trinajstić information content (AvgIpc) is 2.55. The highest BCUT2D eigenvalue weighted by molar-refractivity contribution is 5.88. The molecule has 64 valence electrons. The molecular weight excluding hydrogens is 154 g/mol. The summed E-state index contributed by atoms with van der Waals surface area (Å²) in [5, 5.41) is 0. The van der Waals surface area contributed by atoms with Gasteiger partial charge in [0.05, 0.1) is 7.11 Å². The Balaban J connectivity index is 2.42. The van der Waals surface area contributed by atoms with Gasteiger partial charge in [-0.2, -0.15) is 0 Å². The van der Waals surface area contributed by atoms with E-state index in [1.54, 1.807) is 12.4 Å². The Bertz CT molecular complexity index is 264. The number of aliphatic imine (C=N–C) groups is 1. The van der Waals surface area contributed by atoms with Crippen LogP contribution in [-0.4, -0.2) is 19.3 Å². The highest BCUT2D eigenvalue weighted by Gasteiger charge is 2.09. The Morgan fingerprint density at radius 2 is 2.58 bits per heavy atom. The van der Waals surface area contributed by atoms with Gasteiger partial charge in [0.2, 0.25) is 0 Å². The largest absolute Gasteiger partial charge is 0.466 e. The van der Waals surface area contributed by atoms with Crippen molar-refractivity contribution in [2.45, 2.75) is 12.8 Å². The lowest BCUT2D eigenvalue weighted by atomic mass is 10.1. The lowest BCUT2D eigenvalue weighted by Gasteiger charge is -2.02. The first-order valence-corrected chi connectivity index (χ1v) is 3.69. The minimum absolute atomic E-state index is 0.345. The van der Waals surface area contributed by atoms with Crippen molar-refractivity contribution in [3.8, 4) is 0 Å². The lowest BCUT2D eigenvalue weighted by molar-refractivity contribution is -0.136. The molecule has 0 N–H and O–H groups in total. The van der Waals surface area contributed by atoms with Crippen LogP contribution in [0.5, 0.6) is 0 Å². The third-order valence-electron chi connectivity index (χ3n) is 1.63. The summed E-state index contributed by atoms with van der Waals surface area (Å²) in [6.07, 6.45) is 4.94. The van der Waals surface area contributed by atoms with E-state index < -0.39 is 0 Å². The van der Waals surface area contributed by atoms with E-state index in [4.69, 9.17) is 0 Å². The second-order valence-electron chi connectivity index (χ2n) is 2.60. The average molecular weight is 165 g/mol. The zero-order valence-corrected chi connectivity index (χ0v) is 7.04. The van der Waals surface area contributed by atoms with E-state index in [1.807, 2.05) is 0 Å². The molecule has 12 heavy (non-hydrogen) atoms. The Labute approximate surface area is 71.4 Å². The standard InChI is InChI=1S/C9H11NO2/c1-7(9(11)12-2)5-8-3-4-10-6-8/h4,6H,1,3,5H2,2H3. The fraction of sp³-hybridized carbons (Fsp3) is 0.333. The van der Waals surface area contributed by atoms with E-state index in [2.05, 4.69) is 16.3 Å². The number of ether oxygens (including phenoxy) is 1. The van der Waals surface area contributed by atoms with Crippen LogP contribution in [-0.2, 0) is 9.53 Å². The molecule has 1 aliphatic heterocycles. The predicted molar refractivity (Wildman–Crippen MR) is 47.0 cm³/mol. The fourth-order valence-electron chi connectivity index (χ4n) is 0.989. The van der Waals surface area contributed by atoms with Crippen molar-refractivity contribution < 1.29 is 9.53 Å². The number of esters is 1. The Hall–Kier alpha value is -1.38. The van der Waals surface area contributed by atoms with Crippen LogP contribution in [0.1, 0.15) is 12.8 Å². The molecule has 0 saturated heterocycles. The molecule has 3 nitrogen and oxygen atoms in total. The molecule has 0 aromatic rings. The van der Waals surface area contributed by atoms with Crippen molar-refractivity contribution in [2.24, 2.45) is 4.99 Å². The van der Waals surface area contributed by atoms with E-state index in [0.717, 1.165) is 12.0 Å². The van der Waals surface area contributed by atoms with Crippen LogP contribution < -0.4 is 0 Å². The van der Waals surface area contributed by atoms with Gasteiger partial charge in [0.15, 0.2) is 0 Å². The molecule has 0 unspecified atom stereocenters. The summed E-state index contributed by atoms with van der Waals surface area (Å²) in [5.74, 6) is -0.345. The van der Waals surface area contributed by atoms with E-state index in [0.29, 0.717) is 12.0 Å². The van der Waals surface area contributed by atoms with Crippen molar-refractivity contribution in [3.05, 3.63) is 23.9 Å². The molecule has 0 aliphatic carbocycles. The number of carbonyl (C=O) groups is 1. The van der Waals surface area contributed by atoms with Gasteiger partial charge in [-0.15, -0.1) is 0 Å².